The summed E-state index contributed by atoms with van der Waals surface area (Å²) >= 11 is 0. The monoisotopic (exact) mass is 307 g/mol. The van der Waals surface area contributed by atoms with E-state index in [2.05, 4.69) is 5.32 Å². The lowest BCUT2D eigenvalue weighted by Crippen LogP contribution is -2.41. The number of carbonyl (C=O) groups excluding carboxylic acids is 2. The molecule has 2 rings (SSSR count). The van der Waals surface area contributed by atoms with Gasteiger partial charge in [0.05, 0.1) is 12.6 Å². The number of likely N-dealkylation sites (N-methyl/N-ethyl adjacent to an activating group) is 1. The summed E-state index contributed by atoms with van der Waals surface area (Å²) in [4.78, 5) is 27.2. The molecule has 1 aromatic rings. The lowest BCUT2D eigenvalue weighted by atomic mass is 10.1. The van der Waals surface area contributed by atoms with Crippen LogP contribution >= 0.6 is 0 Å². The highest BCUT2D eigenvalue weighted by Gasteiger charge is 2.30. The molecule has 6 heteroatoms. The van der Waals surface area contributed by atoms with Gasteiger partial charge in [-0.25, -0.2) is 4.39 Å². The normalized spacial score (nSPS) is 18.1. The van der Waals surface area contributed by atoms with E-state index in [4.69, 9.17) is 0 Å². The fraction of sp³-hybridized carbons (Fsp3) is 0.500. The molecular formula is C16H22FN3O2. The van der Waals surface area contributed by atoms with E-state index in [0.717, 1.165) is 5.56 Å². The van der Waals surface area contributed by atoms with Gasteiger partial charge in [0.15, 0.2) is 0 Å². The molecule has 0 saturated carbocycles. The molecule has 5 nitrogen and oxygen atoms in total. The second-order valence-corrected chi connectivity index (χ2v) is 5.92. The van der Waals surface area contributed by atoms with E-state index in [9.17, 15) is 14.0 Å². The van der Waals surface area contributed by atoms with Crippen LogP contribution in [0.5, 0.6) is 0 Å². The van der Waals surface area contributed by atoms with Gasteiger partial charge in [0, 0.05) is 19.5 Å². The van der Waals surface area contributed by atoms with Crippen LogP contribution in [0.1, 0.15) is 12.0 Å². The molecule has 0 aromatic heterocycles. The second-order valence-electron chi connectivity index (χ2n) is 5.92. The highest BCUT2D eigenvalue weighted by molar-refractivity contribution is 5.83. The molecule has 22 heavy (non-hydrogen) atoms. The molecule has 0 aliphatic carbocycles. The molecule has 2 amide bonds. The van der Waals surface area contributed by atoms with Crippen LogP contribution in [0, 0.1) is 5.82 Å². The molecule has 1 fully saturated rings. The maximum Gasteiger partial charge on any atom is 0.234 e. The molecular weight excluding hydrogens is 285 g/mol. The topological polar surface area (TPSA) is 52.7 Å². The quantitative estimate of drug-likeness (QED) is 0.839. The van der Waals surface area contributed by atoms with Crippen LogP contribution in [0.15, 0.2) is 24.3 Å². The number of hydrogen-bond donors (Lipinski definition) is 1. The number of halogens is 1. The van der Waals surface area contributed by atoms with Crippen LogP contribution in [-0.4, -0.2) is 61.4 Å². The third kappa shape index (κ3) is 4.80. The predicted molar refractivity (Wildman–Crippen MR) is 81.8 cm³/mol. The first kappa shape index (κ1) is 16.4. The Labute approximate surface area is 130 Å². The molecule has 1 aliphatic rings. The standard InChI is InChI=1S/C16H22FN3O2/c1-19(2)11-15(21)18-14-9-16(22)20(10-14)8-7-12-3-5-13(17)6-4-12/h3-6,14H,7-11H2,1-2H3,(H,18,21)/t14-/m0/s1. The fourth-order valence-corrected chi connectivity index (χ4v) is 2.56. The maximum atomic E-state index is 12.8. The number of rotatable bonds is 6. The lowest BCUT2D eigenvalue weighted by Gasteiger charge is -2.18. The average molecular weight is 307 g/mol. The Kier molecular flexibility index (Phi) is 5.49. The van der Waals surface area contributed by atoms with Crippen molar-refractivity contribution in [2.45, 2.75) is 18.9 Å². The Morgan fingerprint density at radius 3 is 2.68 bits per heavy atom. The molecule has 1 atom stereocenters. The first-order valence-electron chi connectivity index (χ1n) is 7.40. The molecule has 0 radical (unpaired) electrons. The number of benzene rings is 1. The van der Waals surface area contributed by atoms with Gasteiger partial charge < -0.3 is 15.1 Å². The van der Waals surface area contributed by atoms with E-state index in [1.807, 2.05) is 14.1 Å². The Morgan fingerprint density at radius 2 is 2.05 bits per heavy atom. The summed E-state index contributed by atoms with van der Waals surface area (Å²) < 4.78 is 12.8. The van der Waals surface area contributed by atoms with E-state index >= 15 is 0 Å². The zero-order valence-corrected chi connectivity index (χ0v) is 13.0. The van der Waals surface area contributed by atoms with Crippen molar-refractivity contribution in [1.29, 1.82) is 0 Å². The van der Waals surface area contributed by atoms with E-state index < -0.39 is 0 Å². The predicted octanol–water partition coefficient (Wildman–Crippen LogP) is 0.647. The number of hydrogen-bond acceptors (Lipinski definition) is 3. The SMILES string of the molecule is CN(C)CC(=O)N[C@H]1CC(=O)N(CCc2ccc(F)cc2)C1. The largest absolute Gasteiger partial charge is 0.350 e. The van der Waals surface area contributed by atoms with Crippen molar-refractivity contribution in [3.8, 4) is 0 Å². The van der Waals surface area contributed by atoms with Gasteiger partial charge in [-0.1, -0.05) is 12.1 Å². The van der Waals surface area contributed by atoms with Crippen molar-refractivity contribution in [3.05, 3.63) is 35.6 Å². The zero-order valence-electron chi connectivity index (χ0n) is 13.0. The molecule has 1 heterocycles. The molecule has 1 saturated heterocycles. The van der Waals surface area contributed by atoms with Gasteiger partial charge in [-0.3, -0.25) is 9.59 Å². The number of carbonyl (C=O) groups is 2. The molecule has 0 unspecified atom stereocenters. The van der Waals surface area contributed by atoms with Crippen molar-refractivity contribution >= 4 is 11.8 Å². The molecule has 1 N–H and O–H groups in total. The van der Waals surface area contributed by atoms with E-state index in [-0.39, 0.29) is 23.7 Å². The smallest absolute Gasteiger partial charge is 0.234 e. The zero-order chi connectivity index (χ0) is 16.1. The highest BCUT2D eigenvalue weighted by Crippen LogP contribution is 2.13. The summed E-state index contributed by atoms with van der Waals surface area (Å²) in [6.45, 7) is 1.45. The van der Waals surface area contributed by atoms with Crippen LogP contribution in [0.2, 0.25) is 0 Å². The van der Waals surface area contributed by atoms with Gasteiger partial charge in [0.25, 0.3) is 0 Å². The Hall–Kier alpha value is -1.95. The van der Waals surface area contributed by atoms with Gasteiger partial charge in [0.1, 0.15) is 5.82 Å². The third-order valence-electron chi connectivity index (χ3n) is 3.62. The molecule has 1 aliphatic heterocycles. The van der Waals surface area contributed by atoms with Crippen LogP contribution < -0.4 is 5.32 Å². The molecule has 0 bridgehead atoms. The summed E-state index contributed by atoms with van der Waals surface area (Å²) in [7, 11) is 3.66. The molecule has 1 aromatic carbocycles. The molecule has 120 valence electrons. The van der Waals surface area contributed by atoms with Crippen molar-refractivity contribution < 1.29 is 14.0 Å². The lowest BCUT2D eigenvalue weighted by molar-refractivity contribution is -0.127. The van der Waals surface area contributed by atoms with Crippen LogP contribution in [0.4, 0.5) is 4.39 Å². The van der Waals surface area contributed by atoms with Crippen LogP contribution in [0.3, 0.4) is 0 Å². The Morgan fingerprint density at radius 1 is 1.36 bits per heavy atom. The van der Waals surface area contributed by atoms with Gasteiger partial charge in [0.2, 0.25) is 11.8 Å². The van der Waals surface area contributed by atoms with Crippen LogP contribution in [0.25, 0.3) is 0 Å². The van der Waals surface area contributed by atoms with E-state index in [0.29, 0.717) is 32.5 Å². The van der Waals surface area contributed by atoms with Crippen molar-refractivity contribution in [2.75, 3.05) is 33.7 Å². The fourth-order valence-electron chi connectivity index (χ4n) is 2.56. The number of amides is 2. The minimum Gasteiger partial charge on any atom is -0.350 e. The Bertz CT molecular complexity index is 531. The van der Waals surface area contributed by atoms with Crippen molar-refractivity contribution in [2.24, 2.45) is 0 Å². The number of nitrogens with zero attached hydrogens (tertiary/aromatic N) is 2. The highest BCUT2D eigenvalue weighted by atomic mass is 19.1. The van der Waals surface area contributed by atoms with Gasteiger partial charge >= 0.3 is 0 Å². The van der Waals surface area contributed by atoms with Gasteiger partial charge in [-0.05, 0) is 38.2 Å². The van der Waals surface area contributed by atoms with Crippen molar-refractivity contribution in [1.82, 2.24) is 15.1 Å². The third-order valence-corrected chi connectivity index (χ3v) is 3.62. The summed E-state index contributed by atoms with van der Waals surface area (Å²) in [5, 5.41) is 2.88. The first-order valence-corrected chi connectivity index (χ1v) is 7.40. The van der Waals surface area contributed by atoms with E-state index in [1.54, 1.807) is 21.9 Å². The summed E-state index contributed by atoms with van der Waals surface area (Å²) in [5.74, 6) is -0.273. The maximum absolute atomic E-state index is 12.8. The van der Waals surface area contributed by atoms with Gasteiger partial charge in [-0.2, -0.15) is 0 Å². The Balaban J connectivity index is 1.79. The van der Waals surface area contributed by atoms with Gasteiger partial charge in [-0.15, -0.1) is 0 Å². The molecule has 0 spiro atoms. The van der Waals surface area contributed by atoms with Crippen molar-refractivity contribution in [3.63, 3.8) is 0 Å². The number of likely N-dealkylation sites (tertiary alicyclic amines) is 1. The number of nitrogens with one attached hydrogen (secondary N) is 1. The van der Waals surface area contributed by atoms with Crippen LogP contribution in [-0.2, 0) is 16.0 Å². The minimum absolute atomic E-state index is 0.0530. The summed E-state index contributed by atoms with van der Waals surface area (Å²) in [6, 6.07) is 6.18. The minimum atomic E-state index is -0.260. The second kappa shape index (κ2) is 7.35. The summed E-state index contributed by atoms with van der Waals surface area (Å²) in [6.07, 6.45) is 1.03. The average Bonchev–Trinajstić information content (AvgIpc) is 2.77. The summed E-state index contributed by atoms with van der Waals surface area (Å²) in [5.41, 5.74) is 0.995. The van der Waals surface area contributed by atoms with E-state index in [1.165, 1.54) is 12.1 Å². The first-order chi connectivity index (χ1) is 10.4.